The number of pyridine rings is 1. The first-order chi connectivity index (χ1) is 6.24. The molecule has 0 bridgehead atoms. The first-order valence-corrected chi connectivity index (χ1v) is 5.46. The fraction of sp³-hybridized carbons (Fsp3) is 0.125. The van der Waals surface area contributed by atoms with Gasteiger partial charge in [-0.25, -0.2) is 4.98 Å². The van der Waals surface area contributed by atoms with Gasteiger partial charge >= 0.3 is 0 Å². The van der Waals surface area contributed by atoms with E-state index in [1.165, 1.54) is 0 Å². The van der Waals surface area contributed by atoms with Crippen molar-refractivity contribution in [1.82, 2.24) is 9.97 Å². The molecule has 0 saturated carbocycles. The number of aromatic amines is 1. The molecule has 2 rings (SSSR count). The second-order valence-corrected chi connectivity index (χ2v) is 4.52. The average molecular weight is 353 g/mol. The topological polar surface area (TPSA) is 37.9 Å². The molecular weight excluding hydrogens is 347 g/mol. The summed E-state index contributed by atoms with van der Waals surface area (Å²) in [6.45, 7) is 0. The molecule has 0 radical (unpaired) electrons. The zero-order valence-corrected chi connectivity index (χ0v) is 10.5. The van der Waals surface area contributed by atoms with Crippen LogP contribution in [0.25, 0.3) is 10.9 Å². The van der Waals surface area contributed by atoms with Gasteiger partial charge in [0.05, 0.1) is 7.11 Å². The first kappa shape index (κ1) is 9.26. The minimum absolute atomic E-state index is 0.626. The molecule has 0 aliphatic carbocycles. The summed E-state index contributed by atoms with van der Waals surface area (Å²) in [5.41, 5.74) is 0.932. The summed E-state index contributed by atoms with van der Waals surface area (Å²) in [5.74, 6) is 0.626. The van der Waals surface area contributed by atoms with Gasteiger partial charge in [-0.15, -0.1) is 0 Å². The van der Waals surface area contributed by atoms with Crippen LogP contribution >= 0.6 is 38.5 Å². The molecule has 0 spiro atoms. The van der Waals surface area contributed by atoms with Crippen LogP contribution in [0.5, 0.6) is 5.88 Å². The molecule has 0 unspecified atom stereocenters. The van der Waals surface area contributed by atoms with Crippen LogP contribution < -0.4 is 4.74 Å². The van der Waals surface area contributed by atoms with Gasteiger partial charge in [0.1, 0.15) is 5.52 Å². The highest BCUT2D eigenvalue weighted by Gasteiger charge is 2.10. The molecule has 0 amide bonds. The summed E-state index contributed by atoms with van der Waals surface area (Å²) in [5, 5.41) is 1.12. The molecule has 0 aromatic carbocycles. The summed E-state index contributed by atoms with van der Waals surface area (Å²) >= 11 is 5.71. The van der Waals surface area contributed by atoms with E-state index in [2.05, 4.69) is 48.5 Å². The quantitative estimate of drug-likeness (QED) is 0.801. The maximum atomic E-state index is 5.13. The number of rotatable bonds is 1. The Hall–Kier alpha value is -0.300. The van der Waals surface area contributed by atoms with E-state index in [4.69, 9.17) is 4.74 Å². The predicted molar refractivity (Wildman–Crippen MR) is 63.1 cm³/mol. The number of hydrogen-bond donors (Lipinski definition) is 1. The summed E-state index contributed by atoms with van der Waals surface area (Å²) < 4.78 is 7.26. The number of methoxy groups -OCH3 is 1. The van der Waals surface area contributed by atoms with Gasteiger partial charge in [0.15, 0.2) is 0 Å². The van der Waals surface area contributed by atoms with Crippen LogP contribution in [-0.4, -0.2) is 17.1 Å². The Morgan fingerprint density at radius 3 is 3.08 bits per heavy atom. The van der Waals surface area contributed by atoms with Gasteiger partial charge in [-0.1, -0.05) is 0 Å². The lowest BCUT2D eigenvalue weighted by Gasteiger charge is -2.01. The Kier molecular flexibility index (Phi) is 2.46. The summed E-state index contributed by atoms with van der Waals surface area (Å²) in [6.07, 6.45) is 3.68. The lowest BCUT2D eigenvalue weighted by atomic mass is 10.3. The third-order valence-electron chi connectivity index (χ3n) is 1.77. The molecule has 0 saturated heterocycles. The fourth-order valence-corrected chi connectivity index (χ4v) is 2.80. The van der Waals surface area contributed by atoms with Crippen molar-refractivity contribution in [3.05, 3.63) is 20.4 Å². The highest BCUT2D eigenvalue weighted by atomic mass is 127. The number of H-pyrrole nitrogens is 1. The third kappa shape index (κ3) is 1.43. The van der Waals surface area contributed by atoms with Crippen LogP contribution in [0.3, 0.4) is 0 Å². The monoisotopic (exact) mass is 352 g/mol. The predicted octanol–water partition coefficient (Wildman–Crippen LogP) is 2.94. The van der Waals surface area contributed by atoms with Crippen LogP contribution in [0.4, 0.5) is 0 Å². The van der Waals surface area contributed by atoms with Crippen LogP contribution in [0.15, 0.2) is 16.9 Å². The number of aromatic nitrogens is 2. The van der Waals surface area contributed by atoms with E-state index in [-0.39, 0.29) is 0 Å². The Labute approximate surface area is 97.1 Å². The highest BCUT2D eigenvalue weighted by molar-refractivity contribution is 14.1. The average Bonchev–Trinajstić information content (AvgIpc) is 2.50. The van der Waals surface area contributed by atoms with Crippen molar-refractivity contribution in [2.45, 2.75) is 0 Å². The second-order valence-electron chi connectivity index (χ2n) is 2.50. The molecule has 2 aromatic heterocycles. The molecule has 68 valence electrons. The SMILES string of the molecule is COc1ncc(Br)c2c(I)c[nH]c12. The van der Waals surface area contributed by atoms with Gasteiger partial charge in [-0.2, -0.15) is 0 Å². The largest absolute Gasteiger partial charge is 0.479 e. The van der Waals surface area contributed by atoms with E-state index in [0.717, 1.165) is 18.9 Å². The Morgan fingerprint density at radius 1 is 1.62 bits per heavy atom. The summed E-state index contributed by atoms with van der Waals surface area (Å²) in [7, 11) is 1.61. The van der Waals surface area contributed by atoms with Gasteiger partial charge in [0.2, 0.25) is 5.88 Å². The van der Waals surface area contributed by atoms with E-state index in [0.29, 0.717) is 5.88 Å². The van der Waals surface area contributed by atoms with E-state index in [1.54, 1.807) is 13.3 Å². The number of hydrogen-bond acceptors (Lipinski definition) is 2. The lowest BCUT2D eigenvalue weighted by molar-refractivity contribution is 0.402. The van der Waals surface area contributed by atoms with Crippen molar-refractivity contribution >= 4 is 49.4 Å². The Bertz CT molecular complexity index is 455. The van der Waals surface area contributed by atoms with Gasteiger partial charge in [-0.3, -0.25) is 0 Å². The molecule has 13 heavy (non-hydrogen) atoms. The fourth-order valence-electron chi connectivity index (χ4n) is 1.20. The zero-order valence-electron chi connectivity index (χ0n) is 6.77. The van der Waals surface area contributed by atoms with Crippen molar-refractivity contribution in [3.63, 3.8) is 0 Å². The van der Waals surface area contributed by atoms with Crippen LogP contribution in [0, 0.1) is 3.57 Å². The normalized spacial score (nSPS) is 10.7. The highest BCUT2D eigenvalue weighted by Crippen LogP contribution is 2.31. The number of halogens is 2. The van der Waals surface area contributed by atoms with Gasteiger partial charge in [0.25, 0.3) is 0 Å². The molecular formula is C8H6BrIN2O. The molecule has 0 aliphatic rings. The minimum atomic E-state index is 0.626. The summed E-state index contributed by atoms with van der Waals surface area (Å²) in [4.78, 5) is 7.26. The Morgan fingerprint density at radius 2 is 2.38 bits per heavy atom. The first-order valence-electron chi connectivity index (χ1n) is 3.59. The van der Waals surface area contributed by atoms with Crippen molar-refractivity contribution in [3.8, 4) is 5.88 Å². The molecule has 3 nitrogen and oxygen atoms in total. The second kappa shape index (κ2) is 3.45. The van der Waals surface area contributed by atoms with Gasteiger partial charge in [-0.05, 0) is 38.5 Å². The molecule has 2 heterocycles. The maximum absolute atomic E-state index is 5.13. The number of nitrogens with one attached hydrogen (secondary N) is 1. The van der Waals surface area contributed by atoms with Crippen LogP contribution in [0.2, 0.25) is 0 Å². The standard InChI is InChI=1S/C8H6BrIN2O/c1-13-8-7-6(4(9)2-12-8)5(10)3-11-7/h2-3,11H,1H3. The lowest BCUT2D eigenvalue weighted by Crippen LogP contribution is -1.88. The summed E-state index contributed by atoms with van der Waals surface area (Å²) in [6, 6.07) is 0. The van der Waals surface area contributed by atoms with Crippen molar-refractivity contribution in [1.29, 1.82) is 0 Å². The van der Waals surface area contributed by atoms with E-state index in [1.807, 2.05) is 6.20 Å². The molecule has 0 atom stereocenters. The Balaban J connectivity index is 2.87. The van der Waals surface area contributed by atoms with Crippen molar-refractivity contribution < 1.29 is 4.74 Å². The van der Waals surface area contributed by atoms with Crippen LogP contribution in [0.1, 0.15) is 0 Å². The molecule has 0 aliphatic heterocycles. The molecule has 0 fully saturated rings. The van der Waals surface area contributed by atoms with Crippen molar-refractivity contribution in [2.75, 3.05) is 7.11 Å². The zero-order chi connectivity index (χ0) is 9.42. The number of ether oxygens (including phenoxy) is 1. The third-order valence-corrected chi connectivity index (χ3v) is 3.23. The number of nitrogens with zero attached hydrogens (tertiary/aromatic N) is 1. The molecule has 1 N–H and O–H groups in total. The maximum Gasteiger partial charge on any atom is 0.238 e. The van der Waals surface area contributed by atoms with E-state index >= 15 is 0 Å². The molecule has 2 aromatic rings. The van der Waals surface area contributed by atoms with Gasteiger partial charge in [0, 0.05) is 25.8 Å². The number of fused-ring (bicyclic) bond motifs is 1. The van der Waals surface area contributed by atoms with E-state index < -0.39 is 0 Å². The minimum Gasteiger partial charge on any atom is -0.479 e. The van der Waals surface area contributed by atoms with E-state index in [9.17, 15) is 0 Å². The van der Waals surface area contributed by atoms with Crippen LogP contribution in [-0.2, 0) is 0 Å². The smallest absolute Gasteiger partial charge is 0.238 e. The van der Waals surface area contributed by atoms with Gasteiger partial charge < -0.3 is 9.72 Å². The molecule has 5 heteroatoms. The van der Waals surface area contributed by atoms with Crippen molar-refractivity contribution in [2.24, 2.45) is 0 Å².